The summed E-state index contributed by atoms with van der Waals surface area (Å²) in [7, 11) is 0. The molecule has 0 aliphatic heterocycles. The van der Waals surface area contributed by atoms with E-state index >= 15 is 0 Å². The Labute approximate surface area is 404 Å². The lowest BCUT2D eigenvalue weighted by molar-refractivity contribution is -0.384. The number of aliphatic hydroxyl groups excluding tert-OH is 1. The highest BCUT2D eigenvalue weighted by atomic mass is 17.2. The van der Waals surface area contributed by atoms with Crippen LogP contribution in [-0.2, 0) is 33.8 Å². The fraction of sp³-hybridized carbons (Fsp3) is 0.184. The summed E-state index contributed by atoms with van der Waals surface area (Å²) < 4.78 is 0. The Hall–Kier alpha value is -10.4. The Morgan fingerprint density at radius 3 is 1.57 bits per heavy atom. The quantitative estimate of drug-likeness (QED) is 0.00936. The zero-order valence-corrected chi connectivity index (χ0v) is 37.1. The van der Waals surface area contributed by atoms with Crippen LogP contribution in [0, 0.1) is 10.1 Å². The number of aliphatic imine (C=N–C) groups is 4. The second kappa shape index (κ2) is 26.3. The van der Waals surface area contributed by atoms with Crippen molar-refractivity contribution in [1.82, 2.24) is 26.6 Å². The van der Waals surface area contributed by atoms with Crippen LogP contribution in [-0.4, -0.2) is 123 Å². The molecular formula is C38H49N21O13. The number of hydrogen-bond donors (Lipinski definition) is 18. The van der Waals surface area contributed by atoms with Gasteiger partial charge in [-0.2, -0.15) is 0 Å². The zero-order chi connectivity index (χ0) is 53.8. The van der Waals surface area contributed by atoms with Gasteiger partial charge in [0.15, 0.2) is 23.8 Å². The molecule has 6 atom stereocenters. The molecule has 0 aliphatic carbocycles. The van der Waals surface area contributed by atoms with Crippen LogP contribution in [0.4, 0.5) is 17.1 Å². The van der Waals surface area contributed by atoms with Gasteiger partial charge in [-0.3, -0.25) is 38.9 Å². The molecule has 34 nitrogen and oxygen atoms in total. The smallest absolute Gasteiger partial charge is 0.338 e. The molecule has 6 unspecified atom stereocenters. The molecular weight excluding hydrogens is 959 g/mol. The molecule has 384 valence electrons. The Balaban J connectivity index is 2.01. The van der Waals surface area contributed by atoms with Gasteiger partial charge in [-0.15, -0.1) is 4.99 Å². The highest BCUT2D eigenvalue weighted by Crippen LogP contribution is 2.28. The SMILES string of the molecule is NC(=O)C(N=C(N)N)NC(=O)C(N=C(N)N)NC(=O)C(N=C(N)N)NC(=O)C(N=C(N)N)NC(=O)C(NC(=O)C(O)N(CC=Cc1ccc(NOO)cc1)c1ccc([N+](=O)[O-])cc1C(=O)O)c1ccccc1. The second-order valence-electron chi connectivity index (χ2n) is 14.1. The van der Waals surface area contributed by atoms with E-state index in [9.17, 15) is 53.9 Å². The predicted octanol–water partition coefficient (Wildman–Crippen LogP) is -6.85. The van der Waals surface area contributed by atoms with Crippen LogP contribution < -0.4 is 88.6 Å². The van der Waals surface area contributed by atoms with Gasteiger partial charge in [-0.05, 0) is 29.3 Å². The second-order valence-corrected chi connectivity index (χ2v) is 14.1. The van der Waals surface area contributed by atoms with Gasteiger partial charge in [0.25, 0.3) is 35.2 Å². The predicted molar refractivity (Wildman–Crippen MR) is 254 cm³/mol. The van der Waals surface area contributed by atoms with Crippen molar-refractivity contribution in [3.05, 3.63) is 106 Å². The molecule has 3 rings (SSSR count). The first-order valence-electron chi connectivity index (χ1n) is 19.9. The highest BCUT2D eigenvalue weighted by Gasteiger charge is 2.35. The van der Waals surface area contributed by atoms with Crippen LogP contribution in [0.3, 0.4) is 0 Å². The Morgan fingerprint density at radius 1 is 0.653 bits per heavy atom. The number of carbonyl (C=O) groups excluding carboxylic acids is 6. The van der Waals surface area contributed by atoms with Crippen LogP contribution >= 0.6 is 0 Å². The average molecular weight is 1010 g/mol. The Bertz CT molecular complexity index is 2630. The third-order valence-corrected chi connectivity index (χ3v) is 8.87. The molecule has 6 amide bonds. The number of nitro benzene ring substituents is 1. The third kappa shape index (κ3) is 17.1. The third-order valence-electron chi connectivity index (χ3n) is 8.87. The minimum Gasteiger partial charge on any atom is -0.478 e. The van der Waals surface area contributed by atoms with Gasteiger partial charge >= 0.3 is 5.97 Å². The molecule has 0 heterocycles. The van der Waals surface area contributed by atoms with Gasteiger partial charge in [0.05, 0.1) is 21.9 Å². The Morgan fingerprint density at radius 2 is 1.12 bits per heavy atom. The van der Waals surface area contributed by atoms with Gasteiger partial charge in [-0.25, -0.2) is 35.5 Å². The molecule has 3 aromatic carbocycles. The van der Waals surface area contributed by atoms with Crippen molar-refractivity contribution >= 4 is 88.4 Å². The van der Waals surface area contributed by atoms with Crippen molar-refractivity contribution in [2.24, 2.45) is 71.6 Å². The van der Waals surface area contributed by atoms with Crippen molar-refractivity contribution in [3.63, 3.8) is 0 Å². The molecule has 0 fully saturated rings. The number of carbonyl (C=O) groups is 7. The van der Waals surface area contributed by atoms with Crippen molar-refractivity contribution in [3.8, 4) is 0 Å². The number of guanidine groups is 4. The molecule has 0 radical (unpaired) electrons. The molecule has 0 aromatic heterocycles. The van der Waals surface area contributed by atoms with Crippen molar-refractivity contribution < 1.29 is 58.9 Å². The van der Waals surface area contributed by atoms with Gasteiger partial charge in [0.2, 0.25) is 36.8 Å². The number of benzene rings is 3. The van der Waals surface area contributed by atoms with Gasteiger partial charge in [0, 0.05) is 18.7 Å². The zero-order valence-electron chi connectivity index (χ0n) is 37.1. The molecule has 34 heteroatoms. The van der Waals surface area contributed by atoms with Gasteiger partial charge < -0.3 is 93.3 Å². The first-order chi connectivity index (χ1) is 33.9. The number of hydrogen-bond acceptors (Lipinski definition) is 18. The Kier molecular flexibility index (Phi) is 20.4. The highest BCUT2D eigenvalue weighted by molar-refractivity contribution is 6.00. The minimum absolute atomic E-state index is 0.00262. The summed E-state index contributed by atoms with van der Waals surface area (Å²) in [4.78, 5) is 123. The average Bonchev–Trinajstić information content (AvgIpc) is 3.30. The summed E-state index contributed by atoms with van der Waals surface area (Å²) in [6.07, 6.45) is -7.97. The number of amides is 6. The van der Waals surface area contributed by atoms with E-state index in [-0.39, 0.29) is 5.56 Å². The molecule has 72 heavy (non-hydrogen) atoms. The summed E-state index contributed by atoms with van der Waals surface area (Å²) in [6, 6.07) is 13.9. The van der Waals surface area contributed by atoms with Crippen LogP contribution in [0.25, 0.3) is 6.08 Å². The van der Waals surface area contributed by atoms with E-state index in [0.717, 1.165) is 17.0 Å². The fourth-order valence-corrected chi connectivity index (χ4v) is 5.80. The van der Waals surface area contributed by atoms with Crippen LogP contribution in [0.2, 0.25) is 0 Å². The lowest BCUT2D eigenvalue weighted by Gasteiger charge is -2.30. The lowest BCUT2D eigenvalue weighted by atomic mass is 10.1. The van der Waals surface area contributed by atoms with Crippen LogP contribution in [0.1, 0.15) is 27.5 Å². The number of nitrogens with two attached hydrogens (primary N) is 9. The number of carboxylic acid groups (broad SMARTS) is 1. The normalized spacial score (nSPS) is 13.1. The first-order valence-corrected chi connectivity index (χ1v) is 19.9. The summed E-state index contributed by atoms with van der Waals surface area (Å²) in [5.74, 6) is -13.0. The van der Waals surface area contributed by atoms with Crippen molar-refractivity contribution in [2.45, 2.75) is 36.9 Å². The lowest BCUT2D eigenvalue weighted by Crippen LogP contribution is -2.58. The number of primary amides is 1. The minimum atomic E-state index is -2.38. The van der Waals surface area contributed by atoms with Crippen LogP contribution in [0.5, 0.6) is 0 Å². The maximum Gasteiger partial charge on any atom is 0.338 e. The molecule has 0 saturated heterocycles. The molecule has 3 aromatic rings. The van der Waals surface area contributed by atoms with Gasteiger partial charge in [0.1, 0.15) is 6.04 Å². The molecule has 0 aliphatic rings. The summed E-state index contributed by atoms with van der Waals surface area (Å²) in [6.45, 7) is -0.463. The monoisotopic (exact) mass is 1010 g/mol. The van der Waals surface area contributed by atoms with E-state index in [1.807, 2.05) is 16.0 Å². The topological polar surface area (TPSA) is 592 Å². The van der Waals surface area contributed by atoms with Crippen LogP contribution in [0.15, 0.2) is 98.8 Å². The maximum absolute atomic E-state index is 14.2. The maximum atomic E-state index is 14.2. The largest absolute Gasteiger partial charge is 0.478 e. The number of rotatable bonds is 25. The van der Waals surface area contributed by atoms with E-state index in [1.54, 1.807) is 12.1 Å². The number of anilines is 2. The first kappa shape index (κ1) is 56.0. The molecule has 0 bridgehead atoms. The van der Waals surface area contributed by atoms with Gasteiger partial charge in [-0.1, -0.05) is 54.6 Å². The number of nitrogens with one attached hydrogen (secondary N) is 6. The standard InChI is InChI=1S/C38H49N21O13/c39-23(60)24(53-35(40)41)49-29(62)26(55-37(44)45)51-31(64)27(56-38(46)47)52-30(63)25(54-36(42)43)50-28(61)22(17-6-2-1-3-7-17)48-32(65)33(66)58(14-4-5-16-8-10-18(11-9-16)57-72-71)21-13-12-19(59(69)70)15-20(21)34(67)68/h1-13,15,22,24-27,33,57,66,71H,14H2,(H2,39,60)(H,48,65)(H,49,62)(H,50,61)(H,51,64)(H,52,63)(H,67,68)(H4,40,41,53)(H4,42,43,54)(H4,44,45,55)(H4,46,47,56). The van der Waals surface area contributed by atoms with E-state index in [4.69, 9.17) is 56.9 Å². The number of nitro groups is 1. The van der Waals surface area contributed by atoms with E-state index in [1.165, 1.54) is 54.6 Å². The molecule has 27 N–H and O–H groups in total. The number of nitrogens with zero attached hydrogens (tertiary/aromatic N) is 6. The van der Waals surface area contributed by atoms with E-state index in [0.29, 0.717) is 17.3 Å². The number of aliphatic hydroxyl groups is 1. The molecule has 0 spiro atoms. The van der Waals surface area contributed by atoms with E-state index < -0.39 is 131 Å². The fourth-order valence-electron chi connectivity index (χ4n) is 5.80. The van der Waals surface area contributed by atoms with E-state index in [2.05, 4.69) is 41.1 Å². The van der Waals surface area contributed by atoms with Crippen molar-refractivity contribution in [1.29, 1.82) is 0 Å². The summed E-state index contributed by atoms with van der Waals surface area (Å²) in [5, 5.41) is 52.4. The summed E-state index contributed by atoms with van der Waals surface area (Å²) in [5.41, 5.74) is 50.0. The summed E-state index contributed by atoms with van der Waals surface area (Å²) >= 11 is 0. The van der Waals surface area contributed by atoms with Crippen molar-refractivity contribution in [2.75, 3.05) is 16.9 Å². The molecule has 0 saturated carbocycles. The number of non-ortho nitro benzene ring substituents is 1. The number of carboxylic acids is 1. The number of aromatic carboxylic acids is 1.